The van der Waals surface area contributed by atoms with Crippen molar-refractivity contribution in [2.75, 3.05) is 31.5 Å². The molecule has 0 radical (unpaired) electrons. The van der Waals surface area contributed by atoms with Crippen LogP contribution in [-0.2, 0) is 7.05 Å². The summed E-state index contributed by atoms with van der Waals surface area (Å²) in [7, 11) is 2.07. The van der Waals surface area contributed by atoms with Crippen molar-refractivity contribution in [1.82, 2.24) is 14.5 Å². The van der Waals surface area contributed by atoms with Gasteiger partial charge in [-0.15, -0.1) is 0 Å². The second kappa shape index (κ2) is 5.81. The average molecular weight is 273 g/mol. The topological polar surface area (TPSA) is 59.1 Å². The molecule has 5 nitrogen and oxygen atoms in total. The Labute approximate surface area is 119 Å². The lowest BCUT2D eigenvalue weighted by atomic mass is 10.1. The first-order chi connectivity index (χ1) is 9.78. The predicted octanol–water partition coefficient (Wildman–Crippen LogP) is 1.41. The first kappa shape index (κ1) is 13.4. The molecule has 5 heteroatoms. The minimum atomic E-state index is 0.513. The number of para-hydroxylation sites is 2. The third kappa shape index (κ3) is 2.64. The van der Waals surface area contributed by atoms with E-state index in [9.17, 15) is 0 Å². The van der Waals surface area contributed by atoms with Crippen molar-refractivity contribution in [2.24, 2.45) is 12.8 Å². The number of aryl methyl sites for hydroxylation is 1. The van der Waals surface area contributed by atoms with E-state index in [2.05, 4.69) is 45.0 Å². The summed E-state index contributed by atoms with van der Waals surface area (Å²) in [5, 5.41) is 3.60. The lowest BCUT2D eigenvalue weighted by Crippen LogP contribution is -2.41. The van der Waals surface area contributed by atoms with E-state index in [-0.39, 0.29) is 0 Å². The van der Waals surface area contributed by atoms with E-state index in [1.807, 2.05) is 6.07 Å². The van der Waals surface area contributed by atoms with Crippen LogP contribution >= 0.6 is 0 Å². The highest BCUT2D eigenvalue weighted by molar-refractivity contribution is 5.78. The van der Waals surface area contributed by atoms with Gasteiger partial charge in [0, 0.05) is 39.3 Å². The number of hydrogen-bond acceptors (Lipinski definition) is 4. The van der Waals surface area contributed by atoms with Gasteiger partial charge in [-0.1, -0.05) is 12.1 Å². The second-order valence-corrected chi connectivity index (χ2v) is 5.53. The van der Waals surface area contributed by atoms with Crippen molar-refractivity contribution in [3.8, 4) is 0 Å². The summed E-state index contributed by atoms with van der Waals surface area (Å²) in [6.45, 7) is 4.01. The number of anilines is 1. The van der Waals surface area contributed by atoms with Crippen LogP contribution in [0.15, 0.2) is 24.3 Å². The van der Waals surface area contributed by atoms with Gasteiger partial charge >= 0.3 is 0 Å². The molecular formula is C15H23N5. The zero-order valence-electron chi connectivity index (χ0n) is 12.0. The largest absolute Gasteiger partial charge is 0.353 e. The van der Waals surface area contributed by atoms with Gasteiger partial charge in [0.15, 0.2) is 0 Å². The average Bonchev–Trinajstić information content (AvgIpc) is 2.79. The normalized spacial score (nSPS) is 17.7. The number of hydrogen-bond donors (Lipinski definition) is 2. The van der Waals surface area contributed by atoms with E-state index in [4.69, 9.17) is 5.73 Å². The fourth-order valence-electron chi connectivity index (χ4n) is 2.94. The van der Waals surface area contributed by atoms with Crippen LogP contribution in [-0.4, -0.2) is 46.7 Å². The predicted molar refractivity (Wildman–Crippen MR) is 82.9 cm³/mol. The molecule has 1 saturated heterocycles. The first-order valence-corrected chi connectivity index (χ1v) is 7.38. The molecule has 2 aromatic rings. The Bertz CT molecular complexity index is 569. The molecule has 0 saturated carbocycles. The SMILES string of the molecule is Cn1c(NC2CCN(CCN)CC2)nc2ccccc21. The summed E-state index contributed by atoms with van der Waals surface area (Å²) in [5.41, 5.74) is 7.84. The number of fused-ring (bicyclic) bond motifs is 1. The van der Waals surface area contributed by atoms with Gasteiger partial charge in [-0.2, -0.15) is 0 Å². The first-order valence-electron chi connectivity index (χ1n) is 7.38. The molecule has 3 rings (SSSR count). The quantitative estimate of drug-likeness (QED) is 0.884. The Morgan fingerprint density at radius 2 is 2.05 bits per heavy atom. The van der Waals surface area contributed by atoms with Gasteiger partial charge in [0.2, 0.25) is 5.95 Å². The van der Waals surface area contributed by atoms with E-state index in [1.54, 1.807) is 0 Å². The number of rotatable bonds is 4. The van der Waals surface area contributed by atoms with Crippen molar-refractivity contribution >= 4 is 17.0 Å². The summed E-state index contributed by atoms with van der Waals surface area (Å²) in [6.07, 6.45) is 2.31. The zero-order valence-corrected chi connectivity index (χ0v) is 12.0. The fourth-order valence-corrected chi connectivity index (χ4v) is 2.94. The van der Waals surface area contributed by atoms with Crippen molar-refractivity contribution < 1.29 is 0 Å². The van der Waals surface area contributed by atoms with Gasteiger partial charge in [-0.3, -0.25) is 0 Å². The van der Waals surface area contributed by atoms with Gasteiger partial charge in [0.25, 0.3) is 0 Å². The van der Waals surface area contributed by atoms with Crippen LogP contribution in [0, 0.1) is 0 Å². The number of benzene rings is 1. The Kier molecular flexibility index (Phi) is 3.89. The van der Waals surface area contributed by atoms with Gasteiger partial charge < -0.3 is 20.5 Å². The molecule has 1 aromatic heterocycles. The molecule has 1 fully saturated rings. The Balaban J connectivity index is 1.67. The van der Waals surface area contributed by atoms with Crippen LogP contribution in [0.25, 0.3) is 11.0 Å². The molecule has 108 valence electrons. The van der Waals surface area contributed by atoms with Gasteiger partial charge in [0.1, 0.15) is 0 Å². The molecule has 1 aromatic carbocycles. The fraction of sp³-hybridized carbons (Fsp3) is 0.533. The van der Waals surface area contributed by atoms with E-state index in [0.717, 1.165) is 50.5 Å². The Hall–Kier alpha value is -1.59. The molecule has 20 heavy (non-hydrogen) atoms. The zero-order chi connectivity index (χ0) is 13.9. The molecule has 3 N–H and O–H groups in total. The monoisotopic (exact) mass is 273 g/mol. The Morgan fingerprint density at radius 3 is 2.75 bits per heavy atom. The third-order valence-electron chi connectivity index (χ3n) is 4.15. The number of likely N-dealkylation sites (tertiary alicyclic amines) is 1. The number of nitrogens with zero attached hydrogens (tertiary/aromatic N) is 3. The molecule has 0 bridgehead atoms. The summed E-state index contributed by atoms with van der Waals surface area (Å²) < 4.78 is 2.14. The number of nitrogens with two attached hydrogens (primary N) is 1. The third-order valence-corrected chi connectivity index (χ3v) is 4.15. The molecule has 0 aliphatic carbocycles. The van der Waals surface area contributed by atoms with Crippen molar-refractivity contribution in [3.05, 3.63) is 24.3 Å². The van der Waals surface area contributed by atoms with E-state index in [0.29, 0.717) is 6.04 Å². The maximum Gasteiger partial charge on any atom is 0.203 e. The number of aromatic nitrogens is 2. The van der Waals surface area contributed by atoms with Crippen molar-refractivity contribution in [2.45, 2.75) is 18.9 Å². The second-order valence-electron chi connectivity index (χ2n) is 5.53. The van der Waals surface area contributed by atoms with Crippen LogP contribution in [0.4, 0.5) is 5.95 Å². The highest BCUT2D eigenvalue weighted by atomic mass is 15.2. The van der Waals surface area contributed by atoms with Crippen molar-refractivity contribution in [1.29, 1.82) is 0 Å². The van der Waals surface area contributed by atoms with Gasteiger partial charge in [0.05, 0.1) is 11.0 Å². The smallest absolute Gasteiger partial charge is 0.203 e. The molecule has 1 aliphatic heterocycles. The number of nitrogens with one attached hydrogen (secondary N) is 1. The number of piperidine rings is 1. The standard InChI is InChI=1S/C15H23N5/c1-19-14-5-3-2-4-13(14)18-15(19)17-12-6-9-20(10-7-12)11-8-16/h2-5,12H,6-11,16H2,1H3,(H,17,18). The molecular weight excluding hydrogens is 250 g/mol. The van der Waals surface area contributed by atoms with Gasteiger partial charge in [-0.25, -0.2) is 4.98 Å². The highest BCUT2D eigenvalue weighted by Gasteiger charge is 2.20. The number of imidazole rings is 1. The summed E-state index contributed by atoms with van der Waals surface area (Å²) in [5.74, 6) is 0.975. The minimum absolute atomic E-state index is 0.513. The van der Waals surface area contributed by atoms with Crippen LogP contribution < -0.4 is 11.1 Å². The lowest BCUT2D eigenvalue weighted by Gasteiger charge is -2.32. The van der Waals surface area contributed by atoms with Crippen LogP contribution in [0.1, 0.15) is 12.8 Å². The Morgan fingerprint density at radius 1 is 1.30 bits per heavy atom. The summed E-state index contributed by atoms with van der Waals surface area (Å²) in [4.78, 5) is 7.12. The van der Waals surface area contributed by atoms with E-state index >= 15 is 0 Å². The maximum atomic E-state index is 5.61. The molecule has 2 heterocycles. The molecule has 0 spiro atoms. The molecule has 0 amide bonds. The molecule has 0 atom stereocenters. The molecule has 0 unspecified atom stereocenters. The summed E-state index contributed by atoms with van der Waals surface area (Å²) >= 11 is 0. The lowest BCUT2D eigenvalue weighted by molar-refractivity contribution is 0.224. The highest BCUT2D eigenvalue weighted by Crippen LogP contribution is 2.20. The van der Waals surface area contributed by atoms with E-state index in [1.165, 1.54) is 5.52 Å². The van der Waals surface area contributed by atoms with Crippen LogP contribution in [0.3, 0.4) is 0 Å². The van der Waals surface area contributed by atoms with Crippen molar-refractivity contribution in [3.63, 3.8) is 0 Å². The summed E-state index contributed by atoms with van der Waals surface area (Å²) in [6, 6.07) is 8.77. The van der Waals surface area contributed by atoms with E-state index < -0.39 is 0 Å². The van der Waals surface area contributed by atoms with Crippen LogP contribution in [0.5, 0.6) is 0 Å². The minimum Gasteiger partial charge on any atom is -0.353 e. The molecule has 1 aliphatic rings. The maximum absolute atomic E-state index is 5.61. The van der Waals surface area contributed by atoms with Gasteiger partial charge in [-0.05, 0) is 25.0 Å². The van der Waals surface area contributed by atoms with Crippen LogP contribution in [0.2, 0.25) is 0 Å².